The quantitative estimate of drug-likeness (QED) is 0.563. The van der Waals surface area contributed by atoms with Gasteiger partial charge in [0, 0.05) is 18.3 Å². The molecule has 0 amide bonds. The van der Waals surface area contributed by atoms with Crippen LogP contribution in [0.15, 0.2) is 30.3 Å². The number of esters is 2. The first-order chi connectivity index (χ1) is 14.5. The molecule has 2 unspecified atom stereocenters. The van der Waals surface area contributed by atoms with Crippen LogP contribution in [0.5, 0.6) is 0 Å². The van der Waals surface area contributed by atoms with Crippen LogP contribution in [0, 0.1) is 29.1 Å². The Labute approximate surface area is 175 Å². The molecule has 0 radical (unpaired) electrons. The number of carbonyl (C=O) groups excluding carboxylic acids is 3. The van der Waals surface area contributed by atoms with E-state index in [9.17, 15) is 14.4 Å². The molecule has 1 heterocycles. The van der Waals surface area contributed by atoms with Gasteiger partial charge in [0.25, 0.3) is 0 Å². The number of ketones is 1. The summed E-state index contributed by atoms with van der Waals surface area (Å²) >= 11 is 0. The topological polar surface area (TPSA) is 82.2 Å². The summed E-state index contributed by atoms with van der Waals surface area (Å²) in [6, 6.07) is 8.89. The third kappa shape index (κ3) is 2.62. The van der Waals surface area contributed by atoms with Crippen LogP contribution in [0.4, 0.5) is 0 Å². The number of rotatable bonds is 3. The van der Waals surface area contributed by atoms with Crippen LogP contribution in [-0.4, -0.2) is 42.1 Å². The Morgan fingerprint density at radius 2 is 1.83 bits per heavy atom. The molecular weight excluding hydrogens is 384 g/mol. The van der Waals surface area contributed by atoms with Gasteiger partial charge in [-0.05, 0) is 56.1 Å². The standard InChI is InChI=1S/C24H26O6/c1-12(25)28-16-8-10-24-9-7-14-11-15(14)17(22(24)26)19-21(29-19)20(18(16)24)30-23(27)13-5-3-2-4-6-13/h2-6,14-21H,7-11H2,1H3/t14-,15+,16-,17-,18?,19+,20-,21+,24?/m0/s1. The Balaban J connectivity index is 1.40. The van der Waals surface area contributed by atoms with E-state index in [-0.39, 0.29) is 35.8 Å². The molecule has 4 saturated carbocycles. The number of hydrogen-bond donors (Lipinski definition) is 0. The number of benzene rings is 1. The largest absolute Gasteiger partial charge is 0.462 e. The first kappa shape index (κ1) is 18.6. The maximum absolute atomic E-state index is 13.9. The van der Waals surface area contributed by atoms with Crippen molar-refractivity contribution in [2.75, 3.05) is 0 Å². The van der Waals surface area contributed by atoms with Gasteiger partial charge in [0.15, 0.2) is 0 Å². The van der Waals surface area contributed by atoms with Crippen molar-refractivity contribution in [3.63, 3.8) is 0 Å². The van der Waals surface area contributed by atoms with E-state index in [2.05, 4.69) is 0 Å². The predicted octanol–water partition coefficient (Wildman–Crippen LogP) is 2.94. The van der Waals surface area contributed by atoms with Gasteiger partial charge in [-0.2, -0.15) is 0 Å². The van der Waals surface area contributed by atoms with E-state index in [1.54, 1.807) is 24.3 Å². The van der Waals surface area contributed by atoms with E-state index < -0.39 is 23.6 Å². The molecule has 0 N–H and O–H groups in total. The molecule has 4 aliphatic carbocycles. The zero-order chi connectivity index (χ0) is 20.6. The lowest BCUT2D eigenvalue weighted by molar-refractivity contribution is -0.157. The summed E-state index contributed by atoms with van der Waals surface area (Å²) in [7, 11) is 0. The third-order valence-electron chi connectivity index (χ3n) is 8.27. The van der Waals surface area contributed by atoms with Crippen LogP contribution in [0.3, 0.4) is 0 Å². The molecule has 1 aliphatic heterocycles. The van der Waals surface area contributed by atoms with Crippen molar-refractivity contribution >= 4 is 17.7 Å². The number of epoxide rings is 1. The smallest absolute Gasteiger partial charge is 0.338 e. The van der Waals surface area contributed by atoms with Crippen LogP contribution in [0.1, 0.15) is 49.4 Å². The summed E-state index contributed by atoms with van der Waals surface area (Å²) in [5, 5.41) is 0. The Morgan fingerprint density at radius 1 is 1.07 bits per heavy atom. The molecule has 9 atom stereocenters. The summed E-state index contributed by atoms with van der Waals surface area (Å²) < 4.78 is 17.8. The fourth-order valence-corrected chi connectivity index (χ4v) is 6.88. The number of ether oxygens (including phenoxy) is 3. The number of fused-ring (bicyclic) bond motifs is 5. The molecule has 1 aromatic rings. The first-order valence-electron chi connectivity index (χ1n) is 11.1. The number of hydrogen-bond acceptors (Lipinski definition) is 6. The van der Waals surface area contributed by atoms with Crippen LogP contribution < -0.4 is 0 Å². The van der Waals surface area contributed by atoms with Crippen molar-refractivity contribution in [2.45, 2.75) is 63.4 Å². The van der Waals surface area contributed by atoms with Gasteiger partial charge in [-0.1, -0.05) is 18.2 Å². The molecule has 6 rings (SSSR count). The van der Waals surface area contributed by atoms with Gasteiger partial charge in [-0.15, -0.1) is 0 Å². The van der Waals surface area contributed by atoms with Gasteiger partial charge >= 0.3 is 11.9 Å². The van der Waals surface area contributed by atoms with Crippen LogP contribution >= 0.6 is 0 Å². The summed E-state index contributed by atoms with van der Waals surface area (Å²) in [6.07, 6.45) is 2.81. The lowest BCUT2D eigenvalue weighted by atomic mass is 9.67. The van der Waals surface area contributed by atoms with Gasteiger partial charge in [0.05, 0.1) is 17.6 Å². The Hall–Kier alpha value is -2.21. The van der Waals surface area contributed by atoms with Crippen molar-refractivity contribution in [1.82, 2.24) is 0 Å². The fraction of sp³-hybridized carbons (Fsp3) is 0.625. The molecule has 5 fully saturated rings. The van der Waals surface area contributed by atoms with Gasteiger partial charge in [-0.25, -0.2) is 4.79 Å². The minimum atomic E-state index is -0.573. The highest BCUT2D eigenvalue weighted by Crippen LogP contribution is 2.66. The van der Waals surface area contributed by atoms with Gasteiger partial charge in [-0.3, -0.25) is 9.59 Å². The second-order valence-corrected chi connectivity index (χ2v) is 9.76. The monoisotopic (exact) mass is 410 g/mol. The fourth-order valence-electron chi connectivity index (χ4n) is 6.88. The molecule has 1 aromatic carbocycles. The molecule has 158 valence electrons. The molecule has 2 bridgehead atoms. The van der Waals surface area contributed by atoms with Crippen molar-refractivity contribution in [2.24, 2.45) is 29.1 Å². The summed E-state index contributed by atoms with van der Waals surface area (Å²) in [4.78, 5) is 38.7. The number of carbonyl (C=O) groups is 3. The van der Waals surface area contributed by atoms with E-state index in [0.717, 1.165) is 19.3 Å². The minimum absolute atomic E-state index is 0.0958. The lowest BCUT2D eigenvalue weighted by Crippen LogP contribution is -2.48. The molecular formula is C24H26O6. The Kier molecular flexibility index (Phi) is 3.95. The van der Waals surface area contributed by atoms with Crippen molar-refractivity contribution in [1.29, 1.82) is 0 Å². The van der Waals surface area contributed by atoms with Crippen LogP contribution in [0.2, 0.25) is 0 Å². The van der Waals surface area contributed by atoms with Gasteiger partial charge in [0.1, 0.15) is 24.1 Å². The molecule has 5 aliphatic rings. The molecule has 6 heteroatoms. The van der Waals surface area contributed by atoms with Crippen LogP contribution in [0.25, 0.3) is 0 Å². The molecule has 1 saturated heterocycles. The normalized spacial score (nSPS) is 45.2. The highest BCUT2D eigenvalue weighted by Gasteiger charge is 2.73. The number of Topliss-reactive ketones (excluding diaryl/α,β-unsaturated/α-hetero) is 1. The van der Waals surface area contributed by atoms with Crippen molar-refractivity contribution in [3.05, 3.63) is 35.9 Å². The van der Waals surface area contributed by atoms with E-state index in [1.807, 2.05) is 6.07 Å². The summed E-state index contributed by atoms with van der Waals surface area (Å²) in [5.74, 6) is 0.0926. The first-order valence-corrected chi connectivity index (χ1v) is 11.1. The van der Waals surface area contributed by atoms with Crippen molar-refractivity contribution < 1.29 is 28.6 Å². The zero-order valence-corrected chi connectivity index (χ0v) is 17.0. The molecule has 1 spiro atoms. The van der Waals surface area contributed by atoms with E-state index in [0.29, 0.717) is 30.2 Å². The SMILES string of the molecule is CC(=O)O[C@H]1CCC23CC[C@H]4C[C@H]4[C@H](C2=O)[C@H]2O[C@H]2[C@@H](OC(=O)c2ccccc2)C13. The zero-order valence-electron chi connectivity index (χ0n) is 17.0. The average Bonchev–Trinajstić information content (AvgIpc) is 3.63. The molecule has 0 aromatic heterocycles. The van der Waals surface area contributed by atoms with Gasteiger partial charge in [0.2, 0.25) is 0 Å². The van der Waals surface area contributed by atoms with Crippen LogP contribution in [-0.2, 0) is 23.8 Å². The maximum Gasteiger partial charge on any atom is 0.338 e. The Morgan fingerprint density at radius 3 is 2.60 bits per heavy atom. The minimum Gasteiger partial charge on any atom is -0.462 e. The third-order valence-corrected chi connectivity index (χ3v) is 8.27. The van der Waals surface area contributed by atoms with Gasteiger partial charge < -0.3 is 14.2 Å². The average molecular weight is 410 g/mol. The lowest BCUT2D eigenvalue weighted by Gasteiger charge is -2.39. The summed E-state index contributed by atoms with van der Waals surface area (Å²) in [6.45, 7) is 1.40. The second-order valence-electron chi connectivity index (χ2n) is 9.76. The second kappa shape index (κ2) is 6.39. The highest BCUT2D eigenvalue weighted by molar-refractivity contribution is 5.92. The summed E-state index contributed by atoms with van der Waals surface area (Å²) in [5.41, 5.74) is -0.0971. The Bertz CT molecular complexity index is 912. The van der Waals surface area contributed by atoms with E-state index in [1.165, 1.54) is 6.92 Å². The van der Waals surface area contributed by atoms with E-state index >= 15 is 0 Å². The molecule has 6 nitrogen and oxygen atoms in total. The molecule has 30 heavy (non-hydrogen) atoms. The van der Waals surface area contributed by atoms with Crippen molar-refractivity contribution in [3.8, 4) is 0 Å². The van der Waals surface area contributed by atoms with E-state index in [4.69, 9.17) is 14.2 Å². The maximum atomic E-state index is 13.9. The highest BCUT2D eigenvalue weighted by atomic mass is 16.6. The predicted molar refractivity (Wildman–Crippen MR) is 104 cm³/mol.